The zero-order valence-corrected chi connectivity index (χ0v) is 15.2. The first-order valence-corrected chi connectivity index (χ1v) is 8.72. The molecule has 124 valence electrons. The van der Waals surface area contributed by atoms with Crippen molar-refractivity contribution < 1.29 is 4.74 Å². The van der Waals surface area contributed by atoms with Gasteiger partial charge in [0.25, 0.3) is 0 Å². The molecule has 1 aromatic heterocycles. The van der Waals surface area contributed by atoms with E-state index in [-0.39, 0.29) is 6.04 Å². The first kappa shape index (κ1) is 17.6. The van der Waals surface area contributed by atoms with Crippen LogP contribution in [0.1, 0.15) is 23.4 Å². The third kappa shape index (κ3) is 5.15. The predicted octanol–water partition coefficient (Wildman–Crippen LogP) is 3.88. The van der Waals surface area contributed by atoms with Crippen LogP contribution in [-0.4, -0.2) is 26.7 Å². The molecule has 0 saturated heterocycles. The highest BCUT2D eigenvalue weighted by atomic mass is 35.5. The van der Waals surface area contributed by atoms with Crippen LogP contribution in [-0.2, 0) is 6.42 Å². The number of nitrogens with zero attached hydrogens (tertiary/aromatic N) is 1. The number of methoxy groups -OCH3 is 1. The maximum Gasteiger partial charge on any atom is 0.191 e. The van der Waals surface area contributed by atoms with Crippen LogP contribution in [0.25, 0.3) is 0 Å². The Morgan fingerprint density at radius 2 is 2.22 bits per heavy atom. The topological polar surface area (TPSA) is 45.7 Å². The molecule has 4 nitrogen and oxygen atoms in total. The van der Waals surface area contributed by atoms with Crippen molar-refractivity contribution in [1.29, 1.82) is 0 Å². The van der Waals surface area contributed by atoms with E-state index in [1.165, 1.54) is 4.88 Å². The average Bonchev–Trinajstić information content (AvgIpc) is 3.09. The van der Waals surface area contributed by atoms with Gasteiger partial charge in [-0.3, -0.25) is 4.99 Å². The number of ether oxygens (including phenoxy) is 1. The number of hydrogen-bond donors (Lipinski definition) is 2. The van der Waals surface area contributed by atoms with E-state index in [2.05, 4.69) is 40.1 Å². The van der Waals surface area contributed by atoms with Gasteiger partial charge in [0.2, 0.25) is 0 Å². The Labute approximate surface area is 146 Å². The van der Waals surface area contributed by atoms with Gasteiger partial charge in [0, 0.05) is 23.5 Å². The van der Waals surface area contributed by atoms with E-state index < -0.39 is 0 Å². The van der Waals surface area contributed by atoms with Crippen molar-refractivity contribution in [2.24, 2.45) is 4.99 Å². The zero-order chi connectivity index (χ0) is 16.7. The molecule has 2 N–H and O–H groups in total. The SMILES string of the molecule is CN=C(NCCc1ccc(OC)cc1Cl)NC(C)c1cccs1. The van der Waals surface area contributed by atoms with E-state index in [4.69, 9.17) is 16.3 Å². The number of nitrogens with one attached hydrogen (secondary N) is 2. The molecule has 0 fully saturated rings. The standard InChI is InChI=1S/C17H22ClN3OS/c1-12(16-5-4-10-23-16)21-17(19-2)20-9-8-13-6-7-14(22-3)11-15(13)18/h4-7,10-12H,8-9H2,1-3H3,(H2,19,20,21). The molecule has 0 amide bonds. The second kappa shape index (κ2) is 8.79. The minimum atomic E-state index is 0.228. The summed E-state index contributed by atoms with van der Waals surface area (Å²) in [5, 5.41) is 9.51. The van der Waals surface area contributed by atoms with Crippen molar-refractivity contribution in [3.8, 4) is 5.75 Å². The Bertz CT molecular complexity index is 643. The highest BCUT2D eigenvalue weighted by Crippen LogP contribution is 2.22. The molecule has 0 bridgehead atoms. The van der Waals surface area contributed by atoms with Crippen LogP contribution in [0.4, 0.5) is 0 Å². The van der Waals surface area contributed by atoms with Crippen LogP contribution in [0, 0.1) is 0 Å². The van der Waals surface area contributed by atoms with Gasteiger partial charge < -0.3 is 15.4 Å². The molecule has 23 heavy (non-hydrogen) atoms. The first-order chi connectivity index (χ1) is 11.1. The van der Waals surface area contributed by atoms with Gasteiger partial charge in [-0.05, 0) is 42.5 Å². The molecule has 0 spiro atoms. The molecule has 0 aliphatic carbocycles. The summed E-state index contributed by atoms with van der Waals surface area (Å²) in [4.78, 5) is 5.55. The average molecular weight is 352 g/mol. The molecule has 2 rings (SSSR count). The summed E-state index contributed by atoms with van der Waals surface area (Å²) >= 11 is 7.99. The van der Waals surface area contributed by atoms with Crippen molar-refractivity contribution in [3.05, 3.63) is 51.2 Å². The summed E-state index contributed by atoms with van der Waals surface area (Å²) in [6.45, 7) is 2.88. The lowest BCUT2D eigenvalue weighted by Crippen LogP contribution is -2.39. The van der Waals surface area contributed by atoms with Crippen LogP contribution < -0.4 is 15.4 Å². The van der Waals surface area contributed by atoms with Crippen molar-refractivity contribution in [3.63, 3.8) is 0 Å². The Hall–Kier alpha value is -1.72. The number of guanidine groups is 1. The van der Waals surface area contributed by atoms with Gasteiger partial charge in [0.05, 0.1) is 13.2 Å². The van der Waals surface area contributed by atoms with Crippen molar-refractivity contribution in [2.45, 2.75) is 19.4 Å². The van der Waals surface area contributed by atoms with Gasteiger partial charge in [0.1, 0.15) is 5.75 Å². The number of halogens is 1. The monoisotopic (exact) mass is 351 g/mol. The summed E-state index contributed by atoms with van der Waals surface area (Å²) in [6.07, 6.45) is 0.816. The Morgan fingerprint density at radius 3 is 2.83 bits per heavy atom. The van der Waals surface area contributed by atoms with Gasteiger partial charge in [0.15, 0.2) is 5.96 Å². The number of thiophene rings is 1. The van der Waals surface area contributed by atoms with E-state index in [9.17, 15) is 0 Å². The molecular formula is C17H22ClN3OS. The van der Waals surface area contributed by atoms with E-state index in [1.54, 1.807) is 25.5 Å². The van der Waals surface area contributed by atoms with Crippen LogP contribution >= 0.6 is 22.9 Å². The fourth-order valence-corrected chi connectivity index (χ4v) is 3.18. The van der Waals surface area contributed by atoms with Crippen LogP contribution in [0.2, 0.25) is 5.02 Å². The van der Waals surface area contributed by atoms with Crippen molar-refractivity contribution >= 4 is 28.9 Å². The number of benzene rings is 1. The largest absolute Gasteiger partial charge is 0.497 e. The number of aliphatic imine (C=N–C) groups is 1. The van der Waals surface area contributed by atoms with E-state index in [1.807, 2.05) is 18.2 Å². The molecule has 0 radical (unpaired) electrons. The van der Waals surface area contributed by atoms with Gasteiger partial charge in [-0.15, -0.1) is 11.3 Å². The normalized spacial score (nSPS) is 12.8. The summed E-state index contributed by atoms with van der Waals surface area (Å²) in [5.41, 5.74) is 1.08. The summed E-state index contributed by atoms with van der Waals surface area (Å²) in [7, 11) is 3.41. The lowest BCUT2D eigenvalue weighted by atomic mass is 10.1. The molecular weight excluding hydrogens is 330 g/mol. The molecule has 0 aliphatic rings. The maximum absolute atomic E-state index is 6.26. The number of rotatable bonds is 6. The van der Waals surface area contributed by atoms with Crippen LogP contribution in [0.15, 0.2) is 40.7 Å². The second-order valence-electron chi connectivity index (χ2n) is 5.09. The second-order valence-corrected chi connectivity index (χ2v) is 6.47. The molecule has 1 heterocycles. The lowest BCUT2D eigenvalue weighted by molar-refractivity contribution is 0.414. The molecule has 0 saturated carbocycles. The highest BCUT2D eigenvalue weighted by Gasteiger charge is 2.08. The molecule has 2 aromatic rings. The molecule has 1 atom stereocenters. The van der Waals surface area contributed by atoms with E-state index >= 15 is 0 Å². The minimum Gasteiger partial charge on any atom is -0.497 e. The molecule has 0 aliphatic heterocycles. The quantitative estimate of drug-likeness (QED) is 0.613. The highest BCUT2D eigenvalue weighted by molar-refractivity contribution is 7.10. The summed E-state index contributed by atoms with van der Waals surface area (Å²) in [6, 6.07) is 10.2. The van der Waals surface area contributed by atoms with Gasteiger partial charge in [-0.1, -0.05) is 23.7 Å². The molecule has 1 unspecified atom stereocenters. The zero-order valence-electron chi connectivity index (χ0n) is 13.6. The fraction of sp³-hybridized carbons (Fsp3) is 0.353. The predicted molar refractivity (Wildman–Crippen MR) is 98.9 cm³/mol. The van der Waals surface area contributed by atoms with Gasteiger partial charge >= 0.3 is 0 Å². The Morgan fingerprint density at radius 1 is 1.39 bits per heavy atom. The summed E-state index contributed by atoms with van der Waals surface area (Å²) < 4.78 is 5.16. The molecule has 1 aromatic carbocycles. The van der Waals surface area contributed by atoms with Crippen LogP contribution in [0.5, 0.6) is 5.75 Å². The van der Waals surface area contributed by atoms with E-state index in [0.717, 1.165) is 35.3 Å². The third-order valence-electron chi connectivity index (χ3n) is 3.49. The molecule has 6 heteroatoms. The van der Waals surface area contributed by atoms with Crippen molar-refractivity contribution in [2.75, 3.05) is 20.7 Å². The maximum atomic E-state index is 6.26. The minimum absolute atomic E-state index is 0.228. The van der Waals surface area contributed by atoms with Gasteiger partial charge in [-0.25, -0.2) is 0 Å². The fourth-order valence-electron chi connectivity index (χ4n) is 2.18. The van der Waals surface area contributed by atoms with Crippen LogP contribution in [0.3, 0.4) is 0 Å². The Kier molecular flexibility index (Phi) is 6.74. The summed E-state index contributed by atoms with van der Waals surface area (Å²) in [5.74, 6) is 1.56. The Balaban J connectivity index is 1.84. The number of hydrogen-bond acceptors (Lipinski definition) is 3. The lowest BCUT2D eigenvalue weighted by Gasteiger charge is -2.17. The third-order valence-corrected chi connectivity index (χ3v) is 4.90. The van der Waals surface area contributed by atoms with E-state index in [0.29, 0.717) is 0 Å². The smallest absolute Gasteiger partial charge is 0.191 e. The van der Waals surface area contributed by atoms with Gasteiger partial charge in [-0.2, -0.15) is 0 Å². The van der Waals surface area contributed by atoms with Crippen molar-refractivity contribution in [1.82, 2.24) is 10.6 Å². The first-order valence-electron chi connectivity index (χ1n) is 7.47.